The highest BCUT2D eigenvalue weighted by Crippen LogP contribution is 2.37. The Morgan fingerprint density at radius 1 is 1.14 bits per heavy atom. The summed E-state index contributed by atoms with van der Waals surface area (Å²) in [5, 5.41) is 0.404. The first-order chi connectivity index (χ1) is 13.3. The molecule has 1 atom stereocenters. The van der Waals surface area contributed by atoms with E-state index in [0.29, 0.717) is 37.7 Å². The van der Waals surface area contributed by atoms with Gasteiger partial charge in [0.25, 0.3) is 5.91 Å². The van der Waals surface area contributed by atoms with Crippen LogP contribution in [0.5, 0.6) is 0 Å². The zero-order chi connectivity index (χ0) is 20.3. The Labute approximate surface area is 170 Å². The molecule has 2 aliphatic heterocycles. The Balaban J connectivity index is 1.56. The van der Waals surface area contributed by atoms with Gasteiger partial charge in [-0.2, -0.15) is 0 Å². The van der Waals surface area contributed by atoms with Gasteiger partial charge in [0.2, 0.25) is 10.0 Å². The molecule has 0 aliphatic carbocycles. The smallest absolute Gasteiger partial charge is 0.309 e. The van der Waals surface area contributed by atoms with E-state index in [1.54, 1.807) is 16.7 Å². The van der Waals surface area contributed by atoms with E-state index in [4.69, 9.17) is 4.74 Å². The summed E-state index contributed by atoms with van der Waals surface area (Å²) in [6.45, 7) is 3.05. The van der Waals surface area contributed by atoms with Crippen LogP contribution in [0.25, 0.3) is 0 Å². The fourth-order valence-electron chi connectivity index (χ4n) is 3.50. The molecule has 2 heterocycles. The standard InChI is InChI=1S/C19H26N2O5S2/c1-14-7-12-21(16-5-3-4-6-17(16)27-14)18(22)13-26-19(23)15-8-10-20(11-9-15)28(2,24)25/h3-6,14-15H,7-13H2,1-2H3. The molecule has 0 radical (unpaired) electrons. The van der Waals surface area contributed by atoms with Gasteiger partial charge in [-0.05, 0) is 31.4 Å². The van der Waals surface area contributed by atoms with Crippen molar-refractivity contribution in [3.8, 4) is 0 Å². The van der Waals surface area contributed by atoms with Gasteiger partial charge < -0.3 is 9.64 Å². The number of carbonyl (C=O) groups is 2. The third-order valence-corrected chi connectivity index (χ3v) is 7.68. The summed E-state index contributed by atoms with van der Waals surface area (Å²) in [5.41, 5.74) is 0.861. The molecule has 2 aliphatic rings. The lowest BCUT2D eigenvalue weighted by Gasteiger charge is -2.29. The number of sulfonamides is 1. The molecule has 0 saturated carbocycles. The molecule has 1 amide bonds. The molecule has 1 saturated heterocycles. The number of carbonyl (C=O) groups excluding carboxylic acids is 2. The van der Waals surface area contributed by atoms with Crippen molar-refractivity contribution >= 4 is 39.3 Å². The van der Waals surface area contributed by atoms with Crippen LogP contribution in [-0.2, 0) is 24.3 Å². The minimum Gasteiger partial charge on any atom is -0.455 e. The van der Waals surface area contributed by atoms with Crippen LogP contribution in [0.15, 0.2) is 29.2 Å². The van der Waals surface area contributed by atoms with Crippen molar-refractivity contribution in [1.29, 1.82) is 0 Å². The van der Waals surface area contributed by atoms with Gasteiger partial charge in [0.05, 0.1) is 17.9 Å². The van der Waals surface area contributed by atoms with Crippen LogP contribution in [0, 0.1) is 5.92 Å². The van der Waals surface area contributed by atoms with E-state index in [1.807, 2.05) is 24.3 Å². The summed E-state index contributed by atoms with van der Waals surface area (Å²) in [4.78, 5) is 27.8. The first-order valence-electron chi connectivity index (χ1n) is 9.43. The number of hydrogen-bond donors (Lipinski definition) is 0. The van der Waals surface area contributed by atoms with Gasteiger partial charge in [-0.3, -0.25) is 9.59 Å². The molecule has 0 aromatic heterocycles. The SMILES string of the molecule is CC1CCN(C(=O)COC(=O)C2CCN(S(C)(=O)=O)CC2)c2ccccc2S1. The molecule has 1 aromatic carbocycles. The zero-order valence-electron chi connectivity index (χ0n) is 16.2. The summed E-state index contributed by atoms with van der Waals surface area (Å²) < 4.78 is 29.8. The number of benzene rings is 1. The molecule has 1 aromatic rings. The Morgan fingerprint density at radius 2 is 1.82 bits per heavy atom. The van der Waals surface area contributed by atoms with E-state index in [-0.39, 0.29) is 18.4 Å². The predicted molar refractivity (Wildman–Crippen MR) is 109 cm³/mol. The molecule has 1 fully saturated rings. The molecule has 28 heavy (non-hydrogen) atoms. The fourth-order valence-corrected chi connectivity index (χ4v) is 5.48. The largest absolute Gasteiger partial charge is 0.455 e. The zero-order valence-corrected chi connectivity index (χ0v) is 17.8. The molecular formula is C19H26N2O5S2. The summed E-state index contributed by atoms with van der Waals surface area (Å²) in [6.07, 6.45) is 2.87. The fraction of sp³-hybridized carbons (Fsp3) is 0.579. The molecule has 0 N–H and O–H groups in total. The number of fused-ring (bicyclic) bond motifs is 1. The highest BCUT2D eigenvalue weighted by molar-refractivity contribution is 8.00. The van der Waals surface area contributed by atoms with Crippen molar-refractivity contribution in [3.05, 3.63) is 24.3 Å². The Bertz CT molecular complexity index is 834. The highest BCUT2D eigenvalue weighted by Gasteiger charge is 2.31. The lowest BCUT2D eigenvalue weighted by atomic mass is 9.98. The summed E-state index contributed by atoms with van der Waals surface area (Å²) in [7, 11) is -3.23. The van der Waals surface area contributed by atoms with E-state index in [1.165, 1.54) is 10.6 Å². The second-order valence-electron chi connectivity index (χ2n) is 7.27. The van der Waals surface area contributed by atoms with Gasteiger partial charge in [0, 0.05) is 29.8 Å². The molecule has 9 heteroatoms. The van der Waals surface area contributed by atoms with E-state index in [0.717, 1.165) is 17.0 Å². The number of piperidine rings is 1. The predicted octanol–water partition coefficient (Wildman–Crippen LogP) is 2.12. The lowest BCUT2D eigenvalue weighted by Crippen LogP contribution is -2.41. The average molecular weight is 427 g/mol. The van der Waals surface area contributed by atoms with Crippen LogP contribution >= 0.6 is 11.8 Å². The van der Waals surface area contributed by atoms with Gasteiger partial charge in [-0.25, -0.2) is 12.7 Å². The van der Waals surface area contributed by atoms with Crippen molar-refractivity contribution in [3.63, 3.8) is 0 Å². The number of rotatable bonds is 4. The maximum atomic E-state index is 12.7. The van der Waals surface area contributed by atoms with Crippen LogP contribution in [0.1, 0.15) is 26.2 Å². The molecule has 154 valence electrons. The third kappa shape index (κ3) is 5.07. The topological polar surface area (TPSA) is 84.0 Å². The van der Waals surface area contributed by atoms with Crippen molar-refractivity contribution in [2.75, 3.05) is 37.4 Å². The van der Waals surface area contributed by atoms with Crippen molar-refractivity contribution < 1.29 is 22.7 Å². The van der Waals surface area contributed by atoms with E-state index in [9.17, 15) is 18.0 Å². The van der Waals surface area contributed by atoms with Crippen LogP contribution in [0.2, 0.25) is 0 Å². The monoisotopic (exact) mass is 426 g/mol. The van der Waals surface area contributed by atoms with Gasteiger partial charge >= 0.3 is 5.97 Å². The molecular weight excluding hydrogens is 400 g/mol. The Kier molecular flexibility index (Phi) is 6.67. The lowest BCUT2D eigenvalue weighted by molar-refractivity contribution is -0.153. The number of amides is 1. The number of anilines is 1. The number of ether oxygens (including phenoxy) is 1. The average Bonchev–Trinajstić information content (AvgIpc) is 2.83. The Hall–Kier alpha value is -1.58. The van der Waals surface area contributed by atoms with Crippen molar-refractivity contribution in [2.45, 2.75) is 36.3 Å². The quantitative estimate of drug-likeness (QED) is 0.686. The molecule has 0 bridgehead atoms. The number of esters is 1. The van der Waals surface area contributed by atoms with Crippen LogP contribution in [-0.4, -0.2) is 62.3 Å². The Morgan fingerprint density at radius 3 is 2.50 bits per heavy atom. The van der Waals surface area contributed by atoms with Gasteiger partial charge in [-0.15, -0.1) is 11.8 Å². The van der Waals surface area contributed by atoms with Crippen LogP contribution < -0.4 is 4.90 Å². The molecule has 3 rings (SSSR count). The van der Waals surface area contributed by atoms with E-state index in [2.05, 4.69) is 6.92 Å². The number of para-hydroxylation sites is 1. The highest BCUT2D eigenvalue weighted by atomic mass is 32.2. The van der Waals surface area contributed by atoms with Crippen molar-refractivity contribution in [2.24, 2.45) is 5.92 Å². The number of thioether (sulfide) groups is 1. The van der Waals surface area contributed by atoms with Gasteiger partial charge in [0.1, 0.15) is 0 Å². The van der Waals surface area contributed by atoms with Crippen molar-refractivity contribution in [1.82, 2.24) is 4.31 Å². The summed E-state index contributed by atoms with van der Waals surface area (Å²) in [6, 6.07) is 7.78. The minimum atomic E-state index is -3.23. The van der Waals surface area contributed by atoms with E-state index >= 15 is 0 Å². The van der Waals surface area contributed by atoms with Gasteiger partial charge in [-0.1, -0.05) is 19.1 Å². The summed E-state index contributed by atoms with van der Waals surface area (Å²) in [5.74, 6) is -1.02. The maximum Gasteiger partial charge on any atom is 0.309 e. The van der Waals surface area contributed by atoms with Crippen LogP contribution in [0.4, 0.5) is 5.69 Å². The van der Waals surface area contributed by atoms with Crippen LogP contribution in [0.3, 0.4) is 0 Å². The molecule has 7 nitrogen and oxygen atoms in total. The third-order valence-electron chi connectivity index (χ3n) is 5.14. The maximum absolute atomic E-state index is 12.7. The normalized spacial score (nSPS) is 21.6. The number of nitrogens with zero attached hydrogens (tertiary/aromatic N) is 2. The molecule has 1 unspecified atom stereocenters. The first kappa shape index (κ1) is 21.1. The second kappa shape index (κ2) is 8.84. The first-order valence-corrected chi connectivity index (χ1v) is 12.2. The minimum absolute atomic E-state index is 0.232. The van der Waals surface area contributed by atoms with E-state index < -0.39 is 16.0 Å². The second-order valence-corrected chi connectivity index (χ2v) is 10.7. The number of hydrogen-bond acceptors (Lipinski definition) is 6. The molecule has 0 spiro atoms. The summed E-state index contributed by atoms with van der Waals surface area (Å²) >= 11 is 1.75. The van der Waals surface area contributed by atoms with Gasteiger partial charge in [0.15, 0.2) is 6.61 Å².